The van der Waals surface area contributed by atoms with E-state index < -0.39 is 0 Å². The molecule has 138 valence electrons. The predicted octanol–water partition coefficient (Wildman–Crippen LogP) is 4.53. The molecule has 3 fully saturated rings. The molecule has 0 N–H and O–H groups in total. The Kier molecular flexibility index (Phi) is 3.80. The second-order valence-corrected chi connectivity index (χ2v) is 8.66. The van der Waals surface area contributed by atoms with Gasteiger partial charge in [-0.1, -0.05) is 12.1 Å². The number of hydrogen-bond donors (Lipinski definition) is 0. The van der Waals surface area contributed by atoms with Crippen LogP contribution in [0.5, 0.6) is 0 Å². The largest absolute Gasteiger partial charge is 0.360 e. The minimum atomic E-state index is -0.303. The lowest BCUT2D eigenvalue weighted by molar-refractivity contribution is -0.384. The van der Waals surface area contributed by atoms with Crippen LogP contribution in [0.25, 0.3) is 0 Å². The van der Waals surface area contributed by atoms with Crippen LogP contribution in [0.15, 0.2) is 29.3 Å². The van der Waals surface area contributed by atoms with Crippen molar-refractivity contribution < 1.29 is 4.92 Å². The number of nitro benzene ring substituents is 1. The van der Waals surface area contributed by atoms with E-state index in [0.717, 1.165) is 6.42 Å². The molecule has 2 saturated carbocycles. The van der Waals surface area contributed by atoms with Gasteiger partial charge in [0.05, 0.1) is 16.3 Å². The third kappa shape index (κ3) is 2.39. The Balaban J connectivity index is 1.48. The van der Waals surface area contributed by atoms with Crippen LogP contribution in [0.3, 0.4) is 0 Å². The molecule has 0 aromatic heterocycles. The Morgan fingerprint density at radius 2 is 1.88 bits per heavy atom. The van der Waals surface area contributed by atoms with E-state index in [1.807, 2.05) is 12.1 Å². The first kappa shape index (κ1) is 16.3. The SMILES string of the molecule is O=[N+]([O-])c1ccc(C2C3CCC(C3)C23CCC(N2CCCCC2)=N3)cc1. The number of nitro groups is 1. The van der Waals surface area contributed by atoms with E-state index in [9.17, 15) is 10.1 Å². The predicted molar refractivity (Wildman–Crippen MR) is 101 cm³/mol. The molecule has 4 aliphatic rings. The summed E-state index contributed by atoms with van der Waals surface area (Å²) in [7, 11) is 0. The van der Waals surface area contributed by atoms with Crippen LogP contribution in [0.1, 0.15) is 62.8 Å². The van der Waals surface area contributed by atoms with Crippen molar-refractivity contribution in [3.63, 3.8) is 0 Å². The summed E-state index contributed by atoms with van der Waals surface area (Å²) in [4.78, 5) is 18.7. The quantitative estimate of drug-likeness (QED) is 0.580. The average molecular weight is 353 g/mol. The van der Waals surface area contributed by atoms with Crippen molar-refractivity contribution >= 4 is 11.5 Å². The molecule has 4 unspecified atom stereocenters. The molecule has 0 radical (unpaired) electrons. The summed E-state index contributed by atoms with van der Waals surface area (Å²) in [6.45, 7) is 2.34. The minimum absolute atomic E-state index is 0.0613. The molecule has 5 rings (SSSR count). The van der Waals surface area contributed by atoms with Crippen LogP contribution >= 0.6 is 0 Å². The number of nitrogens with zero attached hydrogens (tertiary/aromatic N) is 3. The highest BCUT2D eigenvalue weighted by atomic mass is 16.6. The molecule has 1 saturated heterocycles. The van der Waals surface area contributed by atoms with Crippen LogP contribution in [0, 0.1) is 22.0 Å². The first-order valence-corrected chi connectivity index (χ1v) is 10.3. The molecule has 2 aliphatic heterocycles. The molecule has 5 nitrogen and oxygen atoms in total. The first-order chi connectivity index (χ1) is 12.7. The molecule has 4 atom stereocenters. The number of aliphatic imine (C=N–C) groups is 1. The van der Waals surface area contributed by atoms with Crippen LogP contribution in [-0.4, -0.2) is 34.3 Å². The van der Waals surface area contributed by atoms with Crippen molar-refractivity contribution in [3.8, 4) is 0 Å². The summed E-state index contributed by atoms with van der Waals surface area (Å²) >= 11 is 0. The number of piperidine rings is 1. The van der Waals surface area contributed by atoms with E-state index in [1.165, 1.54) is 69.4 Å². The van der Waals surface area contributed by atoms with Gasteiger partial charge in [-0.2, -0.15) is 0 Å². The van der Waals surface area contributed by atoms with Gasteiger partial charge >= 0.3 is 0 Å². The molecule has 2 heterocycles. The van der Waals surface area contributed by atoms with Crippen LogP contribution < -0.4 is 0 Å². The maximum atomic E-state index is 11.0. The number of amidine groups is 1. The number of benzene rings is 1. The van der Waals surface area contributed by atoms with Gasteiger partial charge in [0.2, 0.25) is 0 Å². The average Bonchev–Trinajstić information content (AvgIpc) is 3.38. The molecular weight excluding hydrogens is 326 g/mol. The minimum Gasteiger partial charge on any atom is -0.360 e. The van der Waals surface area contributed by atoms with Crippen LogP contribution in [0.2, 0.25) is 0 Å². The standard InChI is InChI=1S/C21H27N3O2/c25-24(26)18-8-5-15(6-9-18)20-16-4-7-17(14-16)21(20)11-10-19(22-21)23-12-2-1-3-13-23/h5-6,8-9,16-17,20H,1-4,7,10-14H2. The van der Waals surface area contributed by atoms with Gasteiger partial charge in [-0.15, -0.1) is 0 Å². The Bertz CT molecular complexity index is 738. The van der Waals surface area contributed by atoms with Gasteiger partial charge in [0, 0.05) is 37.6 Å². The highest BCUT2D eigenvalue weighted by molar-refractivity contribution is 5.85. The Labute approximate surface area is 154 Å². The lowest BCUT2D eigenvalue weighted by Crippen LogP contribution is -2.39. The fourth-order valence-electron chi connectivity index (χ4n) is 6.36. The van der Waals surface area contributed by atoms with E-state index in [4.69, 9.17) is 4.99 Å². The Morgan fingerprint density at radius 3 is 2.62 bits per heavy atom. The molecule has 0 amide bonds. The second-order valence-electron chi connectivity index (χ2n) is 8.66. The fourth-order valence-corrected chi connectivity index (χ4v) is 6.36. The van der Waals surface area contributed by atoms with Crippen molar-refractivity contribution in [3.05, 3.63) is 39.9 Å². The summed E-state index contributed by atoms with van der Waals surface area (Å²) in [5.74, 6) is 3.20. The van der Waals surface area contributed by atoms with E-state index in [-0.39, 0.29) is 16.1 Å². The van der Waals surface area contributed by atoms with Crippen LogP contribution in [0.4, 0.5) is 5.69 Å². The smallest absolute Gasteiger partial charge is 0.269 e. The van der Waals surface area contributed by atoms with Gasteiger partial charge < -0.3 is 4.90 Å². The third-order valence-electron chi connectivity index (χ3n) is 7.46. The maximum absolute atomic E-state index is 11.0. The summed E-state index contributed by atoms with van der Waals surface area (Å²) in [6.07, 6.45) is 10.1. The molecule has 5 heteroatoms. The molecule has 2 aliphatic carbocycles. The first-order valence-electron chi connectivity index (χ1n) is 10.3. The van der Waals surface area contributed by atoms with Crippen molar-refractivity contribution in [2.45, 2.75) is 62.8 Å². The summed E-state index contributed by atoms with van der Waals surface area (Å²) in [6, 6.07) is 7.36. The fraction of sp³-hybridized carbons (Fsp3) is 0.667. The molecular formula is C21H27N3O2. The molecule has 1 aromatic rings. The van der Waals surface area contributed by atoms with Crippen LogP contribution in [-0.2, 0) is 0 Å². The lowest BCUT2D eigenvalue weighted by Gasteiger charge is -2.39. The summed E-state index contributed by atoms with van der Waals surface area (Å²) in [5, 5.41) is 11.0. The van der Waals surface area contributed by atoms with E-state index >= 15 is 0 Å². The molecule has 1 spiro atoms. The number of rotatable bonds is 2. The zero-order valence-electron chi connectivity index (χ0n) is 15.3. The molecule has 26 heavy (non-hydrogen) atoms. The maximum Gasteiger partial charge on any atom is 0.269 e. The van der Waals surface area contributed by atoms with Gasteiger partial charge in [0.15, 0.2) is 0 Å². The number of likely N-dealkylation sites (tertiary alicyclic amines) is 1. The molecule has 1 aromatic carbocycles. The van der Waals surface area contributed by atoms with Gasteiger partial charge in [-0.05, 0) is 62.3 Å². The van der Waals surface area contributed by atoms with Crippen molar-refractivity contribution in [1.29, 1.82) is 0 Å². The second kappa shape index (κ2) is 6.07. The van der Waals surface area contributed by atoms with Crippen molar-refractivity contribution in [2.75, 3.05) is 13.1 Å². The van der Waals surface area contributed by atoms with Crippen molar-refractivity contribution in [2.24, 2.45) is 16.8 Å². The summed E-state index contributed by atoms with van der Waals surface area (Å²) in [5.41, 5.74) is 1.52. The van der Waals surface area contributed by atoms with E-state index in [0.29, 0.717) is 17.8 Å². The highest BCUT2D eigenvalue weighted by Crippen LogP contribution is 2.63. The number of fused-ring (bicyclic) bond motifs is 3. The number of hydrogen-bond acceptors (Lipinski definition) is 4. The normalized spacial score (nSPS) is 35.9. The van der Waals surface area contributed by atoms with Gasteiger partial charge in [0.25, 0.3) is 5.69 Å². The lowest BCUT2D eigenvalue weighted by atomic mass is 9.69. The highest BCUT2D eigenvalue weighted by Gasteiger charge is 2.60. The third-order valence-corrected chi connectivity index (χ3v) is 7.46. The molecule has 2 bridgehead atoms. The van der Waals surface area contributed by atoms with Gasteiger partial charge in [-0.25, -0.2) is 0 Å². The Morgan fingerprint density at radius 1 is 1.12 bits per heavy atom. The number of non-ortho nitro benzene ring substituents is 1. The summed E-state index contributed by atoms with van der Waals surface area (Å²) < 4.78 is 0. The topological polar surface area (TPSA) is 58.7 Å². The van der Waals surface area contributed by atoms with Crippen molar-refractivity contribution in [1.82, 2.24) is 4.90 Å². The zero-order valence-corrected chi connectivity index (χ0v) is 15.3. The zero-order chi connectivity index (χ0) is 17.7. The Hall–Kier alpha value is -1.91. The van der Waals surface area contributed by atoms with E-state index in [2.05, 4.69) is 4.90 Å². The van der Waals surface area contributed by atoms with E-state index in [1.54, 1.807) is 12.1 Å². The van der Waals surface area contributed by atoms with Gasteiger partial charge in [-0.3, -0.25) is 15.1 Å². The monoisotopic (exact) mass is 353 g/mol. The van der Waals surface area contributed by atoms with Gasteiger partial charge in [0.1, 0.15) is 0 Å².